The van der Waals surface area contributed by atoms with Gasteiger partial charge in [-0.3, -0.25) is 19.8 Å². The van der Waals surface area contributed by atoms with E-state index in [9.17, 15) is 29.9 Å². The molecule has 0 aliphatic carbocycles. The number of allylic oxidation sites excluding steroid dienone is 1. The number of non-ortho nitro benzene ring substituents is 1. The number of hydrogen-bond donors (Lipinski definition) is 2. The maximum Gasteiger partial charge on any atom is 0.356 e. The van der Waals surface area contributed by atoms with E-state index < -0.39 is 37.2 Å². The molecule has 0 spiro atoms. The Hall–Kier alpha value is -3.44. The number of aromatic nitrogens is 1. The molecule has 1 fully saturated rings. The Morgan fingerprint density at radius 2 is 1.94 bits per heavy atom. The molecule has 2 aromatic carbocycles. The molecule has 1 saturated heterocycles. The van der Waals surface area contributed by atoms with E-state index in [0.717, 1.165) is 15.1 Å². The standard InChI is InChI=1S/C21H17N3O6S2/c25-16(10-7-13-5-8-14(9-6-13)24(29)30)20(21(27)28)23-18(26)11-19(23)31-32-12-22-15-3-1-2-4-17(15)32/h1-6,8-9,12,19H,7,10-11H2,(H-,25,27,28)/p+1/b20-16+. The van der Waals surface area contributed by atoms with E-state index in [2.05, 4.69) is 4.98 Å². The van der Waals surface area contributed by atoms with Gasteiger partial charge in [0.2, 0.25) is 16.1 Å². The van der Waals surface area contributed by atoms with E-state index in [0.29, 0.717) is 5.56 Å². The number of aliphatic hydroxyl groups is 1. The lowest BCUT2D eigenvalue weighted by atomic mass is 10.1. The minimum absolute atomic E-state index is 0.0172. The molecule has 2 N–H and O–H groups in total. The highest BCUT2D eigenvalue weighted by atomic mass is 33.1. The van der Waals surface area contributed by atoms with Gasteiger partial charge in [0.05, 0.1) is 20.8 Å². The Morgan fingerprint density at radius 1 is 1.22 bits per heavy atom. The molecule has 2 heterocycles. The van der Waals surface area contributed by atoms with Crippen LogP contribution in [0, 0.1) is 10.1 Å². The number of hydrogen-bond acceptors (Lipinski definition) is 7. The largest absolute Gasteiger partial charge is 0.510 e. The number of carboxylic acid groups (broad SMARTS) is 1. The van der Waals surface area contributed by atoms with Crippen LogP contribution >= 0.6 is 20.3 Å². The number of carbonyl (C=O) groups excluding carboxylic acids is 1. The Kier molecular flexibility index (Phi) is 6.10. The number of nitro benzene ring substituents is 1. The molecule has 11 heteroatoms. The maximum absolute atomic E-state index is 12.3. The van der Waals surface area contributed by atoms with Gasteiger partial charge >= 0.3 is 5.97 Å². The van der Waals surface area contributed by atoms with E-state index in [1.54, 1.807) is 17.6 Å². The number of rotatable bonds is 8. The van der Waals surface area contributed by atoms with Crippen LogP contribution in [0.15, 0.2) is 65.5 Å². The zero-order valence-corrected chi connectivity index (χ0v) is 18.2. The highest BCUT2D eigenvalue weighted by molar-refractivity contribution is 8.46. The van der Waals surface area contributed by atoms with Crippen LogP contribution in [0.3, 0.4) is 0 Å². The van der Waals surface area contributed by atoms with Crippen molar-refractivity contribution < 1.29 is 24.7 Å². The molecule has 1 aliphatic heterocycles. The lowest BCUT2D eigenvalue weighted by Crippen LogP contribution is -2.51. The topological polar surface area (TPSA) is 134 Å². The van der Waals surface area contributed by atoms with Crippen LogP contribution in [-0.2, 0) is 16.0 Å². The predicted octanol–water partition coefficient (Wildman–Crippen LogP) is 4.43. The number of aryl methyl sites for hydroxylation is 1. The van der Waals surface area contributed by atoms with Crippen molar-refractivity contribution in [2.75, 3.05) is 0 Å². The van der Waals surface area contributed by atoms with Gasteiger partial charge in [-0.25, -0.2) is 4.79 Å². The molecule has 1 aromatic heterocycles. The summed E-state index contributed by atoms with van der Waals surface area (Å²) >= 11 is 0. The first kappa shape index (κ1) is 21.8. The summed E-state index contributed by atoms with van der Waals surface area (Å²) in [6, 6.07) is 13.5. The van der Waals surface area contributed by atoms with Crippen molar-refractivity contribution >= 4 is 48.1 Å². The molecule has 0 saturated carbocycles. The first-order valence-electron chi connectivity index (χ1n) is 9.59. The second-order valence-electron chi connectivity index (χ2n) is 7.04. The van der Waals surface area contributed by atoms with E-state index in [1.807, 2.05) is 24.3 Å². The van der Waals surface area contributed by atoms with Gasteiger partial charge < -0.3 is 10.2 Å². The van der Waals surface area contributed by atoms with Crippen molar-refractivity contribution in [3.05, 3.63) is 81.2 Å². The van der Waals surface area contributed by atoms with E-state index in [4.69, 9.17) is 0 Å². The molecule has 2 unspecified atom stereocenters. The van der Waals surface area contributed by atoms with Crippen molar-refractivity contribution in [3.8, 4) is 0 Å². The lowest BCUT2D eigenvalue weighted by Gasteiger charge is -2.37. The number of β-lactam (4-membered cyclic amide) rings is 1. The molecule has 1 aliphatic rings. The summed E-state index contributed by atoms with van der Waals surface area (Å²) in [6.07, 6.45) is 0.429. The number of carboxylic acids is 1. The highest BCUT2D eigenvalue weighted by Gasteiger charge is 2.46. The van der Waals surface area contributed by atoms with Crippen LogP contribution in [0.2, 0.25) is 0 Å². The number of benzene rings is 2. The molecule has 32 heavy (non-hydrogen) atoms. The van der Waals surface area contributed by atoms with Crippen LogP contribution in [0.4, 0.5) is 5.69 Å². The Bertz CT molecular complexity index is 1240. The number of aliphatic hydroxyl groups excluding tert-OH is 1. The molecule has 3 aromatic rings. The number of amides is 1. The summed E-state index contributed by atoms with van der Waals surface area (Å²) in [6.45, 7) is 0. The van der Waals surface area contributed by atoms with Gasteiger partial charge in [0.25, 0.3) is 5.69 Å². The van der Waals surface area contributed by atoms with Crippen molar-refractivity contribution in [1.82, 2.24) is 9.88 Å². The minimum Gasteiger partial charge on any atom is -0.510 e. The Balaban J connectivity index is 1.52. The second-order valence-corrected chi connectivity index (χ2v) is 10.7. The quantitative estimate of drug-likeness (QED) is 0.0935. The van der Waals surface area contributed by atoms with E-state index in [1.165, 1.54) is 22.9 Å². The van der Waals surface area contributed by atoms with Crippen LogP contribution in [0.5, 0.6) is 0 Å². The number of carbonyl (C=O) groups is 2. The normalized spacial score (nSPS) is 17.1. The van der Waals surface area contributed by atoms with Gasteiger partial charge in [-0.15, -0.1) is 0 Å². The van der Waals surface area contributed by atoms with Crippen molar-refractivity contribution in [1.29, 1.82) is 0 Å². The molecule has 0 bridgehead atoms. The third-order valence-electron chi connectivity index (χ3n) is 5.00. The number of aliphatic carboxylic acids is 1. The highest BCUT2D eigenvalue weighted by Crippen LogP contribution is 2.48. The zero-order chi connectivity index (χ0) is 22.8. The summed E-state index contributed by atoms with van der Waals surface area (Å²) in [4.78, 5) is 40.0. The Morgan fingerprint density at radius 3 is 2.59 bits per heavy atom. The van der Waals surface area contributed by atoms with Crippen molar-refractivity contribution in [3.63, 3.8) is 0 Å². The molecule has 9 nitrogen and oxygen atoms in total. The van der Waals surface area contributed by atoms with Crippen molar-refractivity contribution in [2.45, 2.75) is 24.6 Å². The SMILES string of the molecule is O=C(O)/C(=C(\O)CCc1ccc([N+](=O)[O-])cc1)N1C(=O)CC1S[s+]1cnc2ccccc21. The Labute approximate surface area is 188 Å². The molecule has 1 amide bonds. The van der Waals surface area contributed by atoms with Gasteiger partial charge in [-0.05, 0) is 18.1 Å². The van der Waals surface area contributed by atoms with E-state index in [-0.39, 0.29) is 30.9 Å². The number of fused-ring (bicyclic) bond motifs is 1. The van der Waals surface area contributed by atoms with Crippen molar-refractivity contribution in [2.24, 2.45) is 0 Å². The second kappa shape index (κ2) is 8.97. The predicted molar refractivity (Wildman–Crippen MR) is 121 cm³/mol. The summed E-state index contributed by atoms with van der Waals surface area (Å²) in [5.74, 6) is -2.15. The van der Waals surface area contributed by atoms with Gasteiger partial charge in [0.15, 0.2) is 5.70 Å². The van der Waals surface area contributed by atoms with Crippen LogP contribution in [0.1, 0.15) is 18.4 Å². The third kappa shape index (κ3) is 4.30. The fourth-order valence-corrected chi connectivity index (χ4v) is 7.32. The number of thiazole rings is 1. The van der Waals surface area contributed by atoms with Crippen LogP contribution in [-0.4, -0.2) is 42.3 Å². The molecule has 4 rings (SSSR count). The first-order chi connectivity index (χ1) is 15.3. The molecule has 164 valence electrons. The number of para-hydroxylation sites is 1. The first-order valence-corrected chi connectivity index (χ1v) is 12.3. The number of nitro groups is 1. The maximum atomic E-state index is 12.3. The fraction of sp³-hybridized carbons (Fsp3) is 0.190. The number of nitrogens with zero attached hydrogens (tertiary/aromatic N) is 3. The zero-order valence-electron chi connectivity index (χ0n) is 16.6. The smallest absolute Gasteiger partial charge is 0.356 e. The molecule has 0 radical (unpaired) electrons. The number of likely N-dealkylation sites (tertiary alicyclic amines) is 1. The summed E-state index contributed by atoms with van der Waals surface area (Å²) in [5.41, 5.74) is 2.89. The van der Waals surface area contributed by atoms with Gasteiger partial charge in [0, 0.05) is 24.6 Å². The molecular weight excluding hydrogens is 454 g/mol. The molecule has 2 atom stereocenters. The lowest BCUT2D eigenvalue weighted by molar-refractivity contribution is -0.384. The third-order valence-corrected chi connectivity index (χ3v) is 8.97. The van der Waals surface area contributed by atoms with Gasteiger partial charge in [-0.1, -0.05) is 24.3 Å². The van der Waals surface area contributed by atoms with Crippen LogP contribution in [0.25, 0.3) is 10.2 Å². The summed E-state index contributed by atoms with van der Waals surface area (Å²) < 4.78 is 1.03. The molecular formula is C21H18N3O6S2+. The van der Waals surface area contributed by atoms with Crippen LogP contribution < -0.4 is 0 Å². The minimum atomic E-state index is -1.38. The monoisotopic (exact) mass is 472 g/mol. The average molecular weight is 473 g/mol. The van der Waals surface area contributed by atoms with Gasteiger partial charge in [0.1, 0.15) is 27.4 Å². The fourth-order valence-electron chi connectivity index (χ4n) is 3.36. The summed E-state index contributed by atoms with van der Waals surface area (Å²) in [7, 11) is 1.02. The van der Waals surface area contributed by atoms with Gasteiger partial charge in [-0.2, -0.15) is 4.98 Å². The van der Waals surface area contributed by atoms with E-state index >= 15 is 0 Å². The summed E-state index contributed by atoms with van der Waals surface area (Å²) in [5, 5.41) is 30.6. The average Bonchev–Trinajstić information content (AvgIpc) is 3.18.